The van der Waals surface area contributed by atoms with E-state index in [1.807, 2.05) is 73.5 Å². The average Bonchev–Trinajstić information content (AvgIpc) is 2.84. The van der Waals surface area contributed by atoms with Gasteiger partial charge in [-0.1, -0.05) is 18.2 Å². The normalized spacial score (nSPS) is 15.9. The summed E-state index contributed by atoms with van der Waals surface area (Å²) in [7, 11) is 5.50. The van der Waals surface area contributed by atoms with E-state index in [1.165, 1.54) is 0 Å². The Labute approximate surface area is 195 Å². The smallest absolute Gasteiger partial charge is 0.227 e. The Bertz CT molecular complexity index is 1130. The molecule has 0 radical (unpaired) electrons. The fraction of sp³-hybridized carbons (Fsp3) is 0.385. The number of ether oxygens (including phenoxy) is 1. The predicted octanol–water partition coefficient (Wildman–Crippen LogP) is 4.22. The second kappa shape index (κ2) is 9.98. The van der Waals surface area contributed by atoms with Crippen molar-refractivity contribution in [3.05, 3.63) is 65.7 Å². The number of benzene rings is 1. The summed E-state index contributed by atoms with van der Waals surface area (Å²) in [5.74, 6) is 1.47. The van der Waals surface area contributed by atoms with Gasteiger partial charge in [0, 0.05) is 50.4 Å². The van der Waals surface area contributed by atoms with Crippen molar-refractivity contribution in [1.82, 2.24) is 19.9 Å². The highest BCUT2D eigenvalue weighted by Crippen LogP contribution is 2.37. The number of carbonyl (C=O) groups excluding carboxylic acids is 1. The summed E-state index contributed by atoms with van der Waals surface area (Å²) in [6.07, 6.45) is 8.75. The van der Waals surface area contributed by atoms with E-state index in [9.17, 15) is 4.79 Å². The average molecular weight is 446 g/mol. The minimum atomic E-state index is -0.106. The number of nitrogens with zero attached hydrogens (tertiary/aromatic N) is 5. The van der Waals surface area contributed by atoms with Gasteiger partial charge in [0.1, 0.15) is 5.75 Å². The van der Waals surface area contributed by atoms with Crippen molar-refractivity contribution in [2.75, 3.05) is 32.6 Å². The first-order chi connectivity index (χ1) is 16.0. The Morgan fingerprint density at radius 3 is 2.73 bits per heavy atom. The highest BCUT2D eigenvalue weighted by Gasteiger charge is 2.32. The molecule has 0 N–H and O–H groups in total. The standard InChI is InChI=1S/C26H31N5O2/c1-18-16-27-13-12-20(18)21-17-28-26(30(2)3)29-25(21)22-10-7-8-14-31(22)24(32)15-19-9-5-6-11-23(19)33-4/h5-6,9,11-13,16-17,22H,7-8,10,14-15H2,1-4H3/t22-/m0/s1. The lowest BCUT2D eigenvalue weighted by molar-refractivity contribution is -0.134. The molecule has 0 aliphatic carbocycles. The number of anilines is 1. The highest BCUT2D eigenvalue weighted by atomic mass is 16.5. The van der Waals surface area contributed by atoms with Crippen LogP contribution in [-0.4, -0.2) is 53.5 Å². The van der Waals surface area contributed by atoms with Crippen LogP contribution in [0.5, 0.6) is 5.75 Å². The summed E-state index contributed by atoms with van der Waals surface area (Å²) in [5, 5.41) is 0. The van der Waals surface area contributed by atoms with Crippen LogP contribution in [0.4, 0.5) is 5.95 Å². The minimum absolute atomic E-state index is 0.0895. The summed E-state index contributed by atoms with van der Waals surface area (Å²) in [6, 6.07) is 9.60. The Balaban J connectivity index is 1.74. The van der Waals surface area contributed by atoms with E-state index in [0.29, 0.717) is 18.9 Å². The van der Waals surface area contributed by atoms with Crippen molar-refractivity contribution in [2.24, 2.45) is 0 Å². The first-order valence-electron chi connectivity index (χ1n) is 11.4. The number of aromatic nitrogens is 3. The van der Waals surface area contributed by atoms with Crippen molar-refractivity contribution in [2.45, 2.75) is 38.6 Å². The molecule has 1 saturated heterocycles. The molecule has 0 bridgehead atoms. The highest BCUT2D eigenvalue weighted by molar-refractivity contribution is 5.81. The number of hydrogen-bond donors (Lipinski definition) is 0. The predicted molar refractivity (Wildman–Crippen MR) is 129 cm³/mol. The Hall–Kier alpha value is -3.48. The van der Waals surface area contributed by atoms with Crippen LogP contribution in [0, 0.1) is 6.92 Å². The van der Waals surface area contributed by atoms with Gasteiger partial charge in [0.15, 0.2) is 0 Å². The van der Waals surface area contributed by atoms with Gasteiger partial charge in [-0.15, -0.1) is 0 Å². The maximum absolute atomic E-state index is 13.6. The van der Waals surface area contributed by atoms with E-state index in [0.717, 1.165) is 53.0 Å². The number of para-hydroxylation sites is 1. The molecule has 3 heterocycles. The molecule has 33 heavy (non-hydrogen) atoms. The van der Waals surface area contributed by atoms with E-state index in [4.69, 9.17) is 9.72 Å². The lowest BCUT2D eigenvalue weighted by Gasteiger charge is -2.36. The van der Waals surface area contributed by atoms with Crippen LogP contribution in [0.1, 0.15) is 42.1 Å². The Kier molecular flexibility index (Phi) is 6.87. The van der Waals surface area contributed by atoms with Gasteiger partial charge in [-0.05, 0) is 49.4 Å². The molecule has 1 aliphatic rings. The number of hydrogen-bond acceptors (Lipinski definition) is 6. The molecule has 2 aromatic heterocycles. The van der Waals surface area contributed by atoms with Gasteiger partial charge in [-0.2, -0.15) is 0 Å². The van der Waals surface area contributed by atoms with Crippen LogP contribution in [0.2, 0.25) is 0 Å². The Morgan fingerprint density at radius 1 is 1.15 bits per heavy atom. The zero-order chi connectivity index (χ0) is 23.4. The molecule has 1 aliphatic heterocycles. The lowest BCUT2D eigenvalue weighted by Crippen LogP contribution is -2.40. The summed E-state index contributed by atoms with van der Waals surface area (Å²) in [4.78, 5) is 31.2. The first-order valence-corrected chi connectivity index (χ1v) is 11.4. The lowest BCUT2D eigenvalue weighted by atomic mass is 9.92. The molecule has 4 rings (SSSR count). The third-order valence-corrected chi connectivity index (χ3v) is 6.19. The van der Waals surface area contributed by atoms with Gasteiger partial charge < -0.3 is 14.5 Å². The third kappa shape index (κ3) is 4.82. The number of amides is 1. The fourth-order valence-corrected chi connectivity index (χ4v) is 4.47. The van der Waals surface area contributed by atoms with Crippen LogP contribution in [-0.2, 0) is 11.2 Å². The van der Waals surface area contributed by atoms with Crippen molar-refractivity contribution in [3.63, 3.8) is 0 Å². The zero-order valence-electron chi connectivity index (χ0n) is 19.8. The molecule has 7 nitrogen and oxygen atoms in total. The number of piperidine rings is 1. The van der Waals surface area contributed by atoms with Crippen LogP contribution < -0.4 is 9.64 Å². The van der Waals surface area contributed by atoms with Crippen LogP contribution in [0.3, 0.4) is 0 Å². The second-order valence-electron chi connectivity index (χ2n) is 8.64. The van der Waals surface area contributed by atoms with Gasteiger partial charge in [-0.25, -0.2) is 9.97 Å². The minimum Gasteiger partial charge on any atom is -0.496 e. The molecule has 7 heteroatoms. The maximum atomic E-state index is 13.6. The number of methoxy groups -OCH3 is 1. The van der Waals surface area contributed by atoms with Crippen LogP contribution >= 0.6 is 0 Å². The molecule has 1 fully saturated rings. The van der Waals surface area contributed by atoms with E-state index >= 15 is 0 Å². The van der Waals surface area contributed by atoms with Gasteiger partial charge in [0.2, 0.25) is 11.9 Å². The quantitative estimate of drug-likeness (QED) is 0.566. The zero-order valence-corrected chi connectivity index (χ0v) is 19.8. The van der Waals surface area contributed by atoms with Gasteiger partial charge in [-0.3, -0.25) is 9.78 Å². The number of aryl methyl sites for hydroxylation is 1. The van der Waals surface area contributed by atoms with Crippen molar-refractivity contribution in [1.29, 1.82) is 0 Å². The van der Waals surface area contributed by atoms with Crippen molar-refractivity contribution >= 4 is 11.9 Å². The molecular weight excluding hydrogens is 414 g/mol. The first kappa shape index (κ1) is 22.7. The third-order valence-electron chi connectivity index (χ3n) is 6.19. The molecule has 172 valence electrons. The van der Waals surface area contributed by atoms with Gasteiger partial charge in [0.25, 0.3) is 0 Å². The summed E-state index contributed by atoms with van der Waals surface area (Å²) < 4.78 is 5.47. The number of pyridine rings is 1. The van der Waals surface area contributed by atoms with Gasteiger partial charge in [0.05, 0.1) is 25.3 Å². The monoisotopic (exact) mass is 445 g/mol. The van der Waals surface area contributed by atoms with E-state index < -0.39 is 0 Å². The van der Waals surface area contributed by atoms with E-state index in [2.05, 4.69) is 9.97 Å². The fourth-order valence-electron chi connectivity index (χ4n) is 4.47. The molecule has 1 amide bonds. The number of carbonyl (C=O) groups is 1. The summed E-state index contributed by atoms with van der Waals surface area (Å²) >= 11 is 0. The molecule has 0 unspecified atom stereocenters. The largest absolute Gasteiger partial charge is 0.496 e. The maximum Gasteiger partial charge on any atom is 0.227 e. The number of likely N-dealkylation sites (tertiary alicyclic amines) is 1. The molecule has 0 saturated carbocycles. The molecule has 3 aromatic rings. The topological polar surface area (TPSA) is 71.5 Å². The van der Waals surface area contributed by atoms with Crippen molar-refractivity contribution < 1.29 is 9.53 Å². The SMILES string of the molecule is COc1ccccc1CC(=O)N1CCCC[C@H]1c1nc(N(C)C)ncc1-c1ccncc1C. The summed E-state index contributed by atoms with van der Waals surface area (Å²) in [6.45, 7) is 2.76. The molecule has 0 spiro atoms. The number of rotatable bonds is 6. The van der Waals surface area contributed by atoms with E-state index in [-0.39, 0.29) is 11.9 Å². The van der Waals surface area contributed by atoms with Crippen molar-refractivity contribution in [3.8, 4) is 16.9 Å². The molecule has 1 atom stereocenters. The molecule has 1 aromatic carbocycles. The van der Waals surface area contributed by atoms with E-state index in [1.54, 1.807) is 13.3 Å². The molecular formula is C26H31N5O2. The summed E-state index contributed by atoms with van der Waals surface area (Å²) in [5.41, 5.74) is 4.87. The van der Waals surface area contributed by atoms with Crippen LogP contribution in [0.25, 0.3) is 11.1 Å². The van der Waals surface area contributed by atoms with Gasteiger partial charge >= 0.3 is 0 Å². The Morgan fingerprint density at radius 2 is 1.97 bits per heavy atom. The second-order valence-corrected chi connectivity index (χ2v) is 8.64. The van der Waals surface area contributed by atoms with Crippen LogP contribution in [0.15, 0.2) is 48.9 Å².